The van der Waals surface area contributed by atoms with E-state index in [0.717, 1.165) is 11.3 Å². The van der Waals surface area contributed by atoms with Gasteiger partial charge >= 0.3 is 4.87 Å². The molecule has 0 aliphatic carbocycles. The van der Waals surface area contributed by atoms with Crippen LogP contribution in [0.15, 0.2) is 82.6 Å². The first-order valence-corrected chi connectivity index (χ1v) is 14.6. The van der Waals surface area contributed by atoms with Crippen molar-refractivity contribution in [3.63, 3.8) is 0 Å². The van der Waals surface area contributed by atoms with Crippen LogP contribution in [0.25, 0.3) is 0 Å². The van der Waals surface area contributed by atoms with E-state index < -0.39 is 17.1 Å². The van der Waals surface area contributed by atoms with Crippen LogP contribution >= 0.6 is 23.1 Å². The summed E-state index contributed by atoms with van der Waals surface area (Å²) in [4.78, 5) is 56.9. The van der Waals surface area contributed by atoms with E-state index in [1.807, 2.05) is 6.07 Å². The number of thiazole rings is 1. The molecule has 4 aromatic rings. The monoisotopic (exact) mass is 603 g/mol. The Morgan fingerprint density at radius 3 is 2.29 bits per heavy atom. The van der Waals surface area contributed by atoms with Gasteiger partial charge in [-0.15, -0.1) is 0 Å². The lowest BCUT2D eigenvalue weighted by atomic mass is 9.83. The number of carbonyl (C=O) groups is 3. The van der Waals surface area contributed by atoms with Gasteiger partial charge < -0.3 is 24.5 Å². The van der Waals surface area contributed by atoms with Crippen LogP contribution in [0.5, 0.6) is 17.2 Å². The van der Waals surface area contributed by atoms with E-state index in [1.165, 1.54) is 16.7 Å². The van der Waals surface area contributed by atoms with Crippen molar-refractivity contribution in [3.05, 3.63) is 92.9 Å². The zero-order valence-electron chi connectivity index (χ0n) is 22.5. The number of rotatable bonds is 8. The van der Waals surface area contributed by atoms with E-state index in [2.05, 4.69) is 10.3 Å². The van der Waals surface area contributed by atoms with Gasteiger partial charge in [-0.2, -0.15) is 0 Å². The van der Waals surface area contributed by atoms with E-state index in [-0.39, 0.29) is 29.2 Å². The van der Waals surface area contributed by atoms with Crippen LogP contribution in [0.2, 0.25) is 0 Å². The number of hydrogen-bond donors (Lipinski definition) is 2. The molecule has 3 heterocycles. The summed E-state index contributed by atoms with van der Waals surface area (Å²) in [6.45, 7) is -0.243. The summed E-state index contributed by atoms with van der Waals surface area (Å²) >= 11 is 2.24. The molecule has 3 unspecified atom stereocenters. The highest BCUT2D eigenvalue weighted by Crippen LogP contribution is 2.53. The number of aromatic amines is 1. The highest BCUT2D eigenvalue weighted by Gasteiger charge is 2.56. The number of anilines is 2. The maximum Gasteiger partial charge on any atom is 0.305 e. The van der Waals surface area contributed by atoms with E-state index in [4.69, 9.17) is 14.2 Å². The molecule has 3 aromatic carbocycles. The molecule has 42 heavy (non-hydrogen) atoms. The van der Waals surface area contributed by atoms with Crippen molar-refractivity contribution in [1.82, 2.24) is 4.98 Å². The lowest BCUT2D eigenvalue weighted by molar-refractivity contribution is -0.122. The van der Waals surface area contributed by atoms with E-state index >= 15 is 0 Å². The van der Waals surface area contributed by atoms with Gasteiger partial charge in [0.15, 0.2) is 6.61 Å². The number of aromatic nitrogens is 1. The van der Waals surface area contributed by atoms with E-state index in [9.17, 15) is 19.2 Å². The Balaban J connectivity index is 1.26. The molecule has 214 valence electrons. The number of carbonyl (C=O) groups excluding carboxylic acids is 3. The van der Waals surface area contributed by atoms with Gasteiger partial charge in [0.2, 0.25) is 11.8 Å². The number of imide groups is 1. The molecular formula is C30H25N3O7S2. The minimum atomic E-state index is -0.739. The van der Waals surface area contributed by atoms with Gasteiger partial charge in [-0.25, -0.2) is 4.90 Å². The van der Waals surface area contributed by atoms with Gasteiger partial charge in [0.05, 0.1) is 30.9 Å². The number of benzene rings is 3. The predicted molar refractivity (Wildman–Crippen MR) is 159 cm³/mol. The van der Waals surface area contributed by atoms with Crippen LogP contribution in [0.1, 0.15) is 16.4 Å². The van der Waals surface area contributed by atoms with Crippen molar-refractivity contribution in [2.75, 3.05) is 31.0 Å². The Kier molecular flexibility index (Phi) is 7.48. The predicted octanol–water partition coefficient (Wildman–Crippen LogP) is 4.27. The second-order valence-electron chi connectivity index (χ2n) is 9.60. The zero-order chi connectivity index (χ0) is 29.4. The maximum atomic E-state index is 13.9. The summed E-state index contributed by atoms with van der Waals surface area (Å²) in [7, 11) is 3.11. The number of ether oxygens (including phenoxy) is 3. The molecule has 0 saturated carbocycles. The smallest absolute Gasteiger partial charge is 0.305 e. The number of hydrogen-bond acceptors (Lipinski definition) is 9. The second kappa shape index (κ2) is 11.4. The van der Waals surface area contributed by atoms with Gasteiger partial charge in [-0.3, -0.25) is 19.2 Å². The summed E-state index contributed by atoms with van der Waals surface area (Å²) in [5.41, 5.74) is 1.76. The molecule has 1 fully saturated rings. The molecule has 2 aliphatic heterocycles. The van der Waals surface area contributed by atoms with Crippen molar-refractivity contribution in [2.24, 2.45) is 5.92 Å². The Labute approximate surface area is 248 Å². The molecular weight excluding hydrogens is 578 g/mol. The van der Waals surface area contributed by atoms with Gasteiger partial charge in [-0.05, 0) is 66.2 Å². The summed E-state index contributed by atoms with van der Waals surface area (Å²) in [6.07, 6.45) is 0. The summed E-state index contributed by atoms with van der Waals surface area (Å²) in [5, 5.41) is 2.63. The fraction of sp³-hybridized carbons (Fsp3) is 0.200. The van der Waals surface area contributed by atoms with Crippen LogP contribution < -0.4 is 29.3 Å². The largest absolute Gasteiger partial charge is 0.497 e. The molecule has 1 saturated heterocycles. The van der Waals surface area contributed by atoms with Gasteiger partial charge in [0.1, 0.15) is 22.5 Å². The number of nitrogens with zero attached hydrogens (tertiary/aromatic N) is 1. The number of methoxy groups -OCH3 is 2. The number of amides is 3. The summed E-state index contributed by atoms with van der Waals surface area (Å²) in [5.74, 6) is -0.636. The topological polar surface area (TPSA) is 127 Å². The van der Waals surface area contributed by atoms with Gasteiger partial charge in [0, 0.05) is 16.5 Å². The lowest BCUT2D eigenvalue weighted by Crippen LogP contribution is -2.32. The second-order valence-corrected chi connectivity index (χ2v) is 11.8. The Hall–Kier alpha value is -4.55. The quantitative estimate of drug-likeness (QED) is 0.286. The minimum Gasteiger partial charge on any atom is -0.497 e. The fourth-order valence-electron chi connectivity index (χ4n) is 5.18. The van der Waals surface area contributed by atoms with E-state index in [1.54, 1.807) is 80.9 Å². The summed E-state index contributed by atoms with van der Waals surface area (Å²) in [6, 6.07) is 20.7. The number of nitrogens with one attached hydrogen (secondary N) is 2. The lowest BCUT2D eigenvalue weighted by Gasteiger charge is -2.30. The molecule has 0 radical (unpaired) electrons. The van der Waals surface area contributed by atoms with Gasteiger partial charge in [-0.1, -0.05) is 35.2 Å². The Morgan fingerprint density at radius 2 is 1.60 bits per heavy atom. The molecule has 2 aliphatic rings. The SMILES string of the molecule is COc1ccc(NC(=O)COc2cccc(C3c4sc(=O)[nH]c4SC4C(=O)N(c5ccc(OC)cc5)C(=O)C43)c2)cc1. The third-order valence-corrected chi connectivity index (χ3v) is 9.52. The first-order valence-electron chi connectivity index (χ1n) is 12.9. The standard InChI is InChI=1S/C30H25N3O7S2/c1-38-19-10-6-17(7-11-19)31-22(34)15-40-21-5-3-4-16(14-21)23-24-26(41-27-25(23)42-30(37)32-27)29(36)33(28(24)35)18-8-12-20(39-2)13-9-18/h3-14,23-24,26H,15H2,1-2H3,(H,31,34)(H,32,37). The number of H-pyrrole nitrogens is 1. The molecule has 1 aromatic heterocycles. The van der Waals surface area contributed by atoms with Crippen molar-refractivity contribution >= 4 is 52.2 Å². The normalized spacial score (nSPS) is 19.2. The van der Waals surface area contributed by atoms with Crippen molar-refractivity contribution < 1.29 is 28.6 Å². The highest BCUT2D eigenvalue weighted by atomic mass is 32.2. The van der Waals surface area contributed by atoms with Crippen LogP contribution in [0, 0.1) is 5.92 Å². The average Bonchev–Trinajstić information content (AvgIpc) is 3.50. The van der Waals surface area contributed by atoms with Crippen LogP contribution in [-0.4, -0.2) is 48.8 Å². The molecule has 12 heteroatoms. The minimum absolute atomic E-state index is 0.243. The zero-order valence-corrected chi connectivity index (χ0v) is 24.1. The molecule has 6 rings (SSSR count). The molecule has 10 nitrogen and oxygen atoms in total. The Bertz CT molecular complexity index is 1720. The molecule has 3 amide bonds. The van der Waals surface area contributed by atoms with Crippen molar-refractivity contribution in [2.45, 2.75) is 16.2 Å². The third-order valence-electron chi connectivity index (χ3n) is 7.12. The molecule has 3 atom stereocenters. The van der Waals surface area contributed by atoms with Crippen LogP contribution in [-0.2, 0) is 14.4 Å². The molecule has 0 bridgehead atoms. The molecule has 2 N–H and O–H groups in total. The van der Waals surface area contributed by atoms with Crippen LogP contribution in [0.3, 0.4) is 0 Å². The molecule has 0 spiro atoms. The highest BCUT2D eigenvalue weighted by molar-refractivity contribution is 8.00. The number of fused-ring (bicyclic) bond motifs is 2. The average molecular weight is 604 g/mol. The fourth-order valence-corrected chi connectivity index (χ4v) is 7.70. The first kappa shape index (κ1) is 27.6. The first-order chi connectivity index (χ1) is 20.4. The Morgan fingerprint density at radius 1 is 0.905 bits per heavy atom. The van der Waals surface area contributed by atoms with Crippen molar-refractivity contribution in [1.29, 1.82) is 0 Å². The third kappa shape index (κ3) is 5.14. The van der Waals surface area contributed by atoms with E-state index in [0.29, 0.717) is 44.1 Å². The van der Waals surface area contributed by atoms with Gasteiger partial charge in [0.25, 0.3) is 5.91 Å². The summed E-state index contributed by atoms with van der Waals surface area (Å²) < 4.78 is 16.1. The van der Waals surface area contributed by atoms with Crippen LogP contribution in [0.4, 0.5) is 11.4 Å². The number of thioether (sulfide) groups is 1. The van der Waals surface area contributed by atoms with Crippen molar-refractivity contribution in [3.8, 4) is 17.2 Å². The maximum absolute atomic E-state index is 13.9.